The summed E-state index contributed by atoms with van der Waals surface area (Å²) in [6, 6.07) is 11.5. The fourth-order valence-electron chi connectivity index (χ4n) is 4.07. The molecule has 0 atom stereocenters. The van der Waals surface area contributed by atoms with Crippen molar-refractivity contribution < 1.29 is 9.44 Å². The second-order valence-corrected chi connectivity index (χ2v) is 8.75. The van der Waals surface area contributed by atoms with Crippen molar-refractivity contribution in [2.24, 2.45) is 7.05 Å². The molecule has 168 valence electrons. The number of carbonyl (C=O) groups excluding carboxylic acids is 1. The second-order valence-electron chi connectivity index (χ2n) is 8.75. The molecule has 9 heteroatoms. The smallest absolute Gasteiger partial charge is 0.169 e. The molecule has 1 aromatic carbocycles. The first-order valence-electron chi connectivity index (χ1n) is 10.9. The molecule has 1 saturated heterocycles. The first-order chi connectivity index (χ1) is 15.9. The number of pyridine rings is 2. The third-order valence-corrected chi connectivity index (χ3v) is 6.10. The van der Waals surface area contributed by atoms with Gasteiger partial charge in [0.15, 0.2) is 5.78 Å². The summed E-state index contributed by atoms with van der Waals surface area (Å²) in [5.74, 6) is 0.720. The minimum absolute atomic E-state index is 0.0166. The van der Waals surface area contributed by atoms with Crippen LogP contribution in [-0.4, -0.2) is 68.6 Å². The number of Topliss-reactive ketones (excluding diaryl/α,β-unsaturated/α-hetero) is 1. The summed E-state index contributed by atoms with van der Waals surface area (Å²) in [5, 5.41) is 22.3. The Labute approximate surface area is 191 Å². The third kappa shape index (κ3) is 4.59. The molecule has 1 fully saturated rings. The Kier molecular flexibility index (Phi) is 5.35. The molecule has 0 amide bonds. The monoisotopic (exact) mass is 443 g/mol. The number of hydrogen-bond donors (Lipinski definition) is 0. The summed E-state index contributed by atoms with van der Waals surface area (Å²) in [6.45, 7) is 2.28. The Balaban J connectivity index is 1.34. The lowest BCUT2D eigenvalue weighted by atomic mass is 10.0. The molecule has 0 radical (unpaired) electrons. The number of rotatable bonds is 5. The first kappa shape index (κ1) is 21.2. The lowest BCUT2D eigenvalue weighted by Crippen LogP contribution is -2.54. The highest BCUT2D eigenvalue weighted by molar-refractivity contribution is 5.98. The van der Waals surface area contributed by atoms with Crippen LogP contribution < -0.4 is 4.90 Å². The number of aromatic nitrogens is 5. The summed E-state index contributed by atoms with van der Waals surface area (Å²) in [4.78, 5) is 24.0. The molecule has 0 spiro atoms. The summed E-state index contributed by atoms with van der Waals surface area (Å²) < 4.78 is 1.43. The van der Waals surface area contributed by atoms with E-state index < -0.39 is 0 Å². The zero-order chi connectivity index (χ0) is 23.0. The van der Waals surface area contributed by atoms with Crippen LogP contribution in [0, 0.1) is 5.21 Å². The van der Waals surface area contributed by atoms with Crippen molar-refractivity contribution in [2.75, 3.05) is 38.1 Å². The average Bonchev–Trinajstić information content (AvgIpc) is 3.25. The van der Waals surface area contributed by atoms with Gasteiger partial charge in [-0.1, -0.05) is 17.3 Å². The SMILES string of the molecule is Cn1cc(-c2ccc3cnc(CC(=O)c4ccnc(N5CC[N+](C)([O-])CC5)c4)cc3c2)nn1. The maximum atomic E-state index is 13.0. The van der Waals surface area contributed by atoms with Crippen molar-refractivity contribution in [2.45, 2.75) is 6.42 Å². The van der Waals surface area contributed by atoms with Gasteiger partial charge in [0.1, 0.15) is 11.5 Å². The number of quaternary nitrogens is 1. The molecular weight excluding hydrogens is 418 g/mol. The molecule has 1 aliphatic rings. The van der Waals surface area contributed by atoms with Crippen LogP contribution in [0.3, 0.4) is 0 Å². The first-order valence-corrected chi connectivity index (χ1v) is 10.9. The molecule has 4 heterocycles. The van der Waals surface area contributed by atoms with E-state index in [1.807, 2.05) is 43.6 Å². The number of likely N-dealkylation sites (N-methyl/N-ethyl adjacent to an activating group) is 1. The van der Waals surface area contributed by atoms with Gasteiger partial charge in [0, 0.05) is 41.6 Å². The number of hydroxylamine groups is 3. The van der Waals surface area contributed by atoms with Gasteiger partial charge in [0.05, 0.1) is 45.8 Å². The summed E-state index contributed by atoms with van der Waals surface area (Å²) in [5.41, 5.74) is 3.07. The standard InChI is InChI=1S/C24H25N7O2/c1-29-16-22(27-28-29)17-3-4-19-15-26-21(12-20(19)11-17)14-23(32)18-5-6-25-24(13-18)30-7-9-31(2,33)10-8-30/h3-6,11-13,15-16H,7-10,14H2,1-2H3. The molecule has 1 aliphatic heterocycles. The number of fused-ring (bicyclic) bond motifs is 1. The zero-order valence-electron chi connectivity index (χ0n) is 18.7. The van der Waals surface area contributed by atoms with Crippen LogP contribution in [-0.2, 0) is 13.5 Å². The van der Waals surface area contributed by atoms with Crippen molar-refractivity contribution in [3.8, 4) is 11.3 Å². The summed E-state index contributed by atoms with van der Waals surface area (Å²) in [6.07, 6.45) is 5.52. The van der Waals surface area contributed by atoms with Crippen LogP contribution in [0.1, 0.15) is 16.1 Å². The number of anilines is 1. The summed E-state index contributed by atoms with van der Waals surface area (Å²) >= 11 is 0. The number of piperazine rings is 1. The molecule has 5 rings (SSSR count). The van der Waals surface area contributed by atoms with Gasteiger partial charge in [-0.05, 0) is 29.7 Å². The molecule has 33 heavy (non-hydrogen) atoms. The number of aryl methyl sites for hydroxylation is 1. The largest absolute Gasteiger partial charge is 0.633 e. The molecule has 0 N–H and O–H groups in total. The van der Waals surface area contributed by atoms with Crippen LogP contribution in [0.25, 0.3) is 22.0 Å². The normalized spacial score (nSPS) is 15.7. The molecule has 4 aromatic rings. The van der Waals surface area contributed by atoms with Crippen molar-refractivity contribution in [1.29, 1.82) is 0 Å². The van der Waals surface area contributed by atoms with Gasteiger partial charge in [-0.3, -0.25) is 14.5 Å². The van der Waals surface area contributed by atoms with Gasteiger partial charge in [0.2, 0.25) is 0 Å². The Morgan fingerprint density at radius 3 is 2.67 bits per heavy atom. The predicted octanol–water partition coefficient (Wildman–Crippen LogP) is 2.62. The van der Waals surface area contributed by atoms with E-state index in [-0.39, 0.29) is 16.9 Å². The molecule has 0 bridgehead atoms. The van der Waals surface area contributed by atoms with Gasteiger partial charge in [-0.2, -0.15) is 0 Å². The quantitative estimate of drug-likeness (QED) is 0.266. The van der Waals surface area contributed by atoms with Crippen LogP contribution in [0.2, 0.25) is 0 Å². The van der Waals surface area contributed by atoms with Crippen LogP contribution >= 0.6 is 0 Å². The number of nitrogens with zero attached hydrogens (tertiary/aromatic N) is 7. The van der Waals surface area contributed by atoms with E-state index in [0.29, 0.717) is 37.4 Å². The lowest BCUT2D eigenvalue weighted by molar-refractivity contribution is -0.861. The Morgan fingerprint density at radius 1 is 1.09 bits per heavy atom. The minimum atomic E-state index is -0.235. The van der Waals surface area contributed by atoms with E-state index in [9.17, 15) is 10.0 Å². The fraction of sp³-hybridized carbons (Fsp3) is 0.292. The van der Waals surface area contributed by atoms with Gasteiger partial charge < -0.3 is 14.8 Å². The molecule has 0 saturated carbocycles. The molecule has 0 unspecified atom stereocenters. The average molecular weight is 444 g/mol. The topological polar surface area (TPSA) is 99.9 Å². The van der Waals surface area contributed by atoms with E-state index >= 15 is 0 Å². The van der Waals surface area contributed by atoms with Crippen molar-refractivity contribution >= 4 is 22.4 Å². The van der Waals surface area contributed by atoms with E-state index in [1.54, 1.807) is 30.2 Å². The highest BCUT2D eigenvalue weighted by atomic mass is 16.5. The van der Waals surface area contributed by atoms with E-state index in [4.69, 9.17) is 0 Å². The number of carbonyl (C=O) groups is 1. The summed E-state index contributed by atoms with van der Waals surface area (Å²) in [7, 11) is 3.53. The second kappa shape index (κ2) is 8.34. The molecule has 0 aliphatic carbocycles. The van der Waals surface area contributed by atoms with Gasteiger partial charge in [-0.25, -0.2) is 4.98 Å². The van der Waals surface area contributed by atoms with E-state index in [1.165, 1.54) is 0 Å². The van der Waals surface area contributed by atoms with Crippen LogP contribution in [0.15, 0.2) is 55.0 Å². The Hall–Kier alpha value is -3.69. The highest BCUT2D eigenvalue weighted by Crippen LogP contribution is 2.24. The van der Waals surface area contributed by atoms with Gasteiger partial charge >= 0.3 is 0 Å². The predicted molar refractivity (Wildman–Crippen MR) is 126 cm³/mol. The van der Waals surface area contributed by atoms with Crippen LogP contribution in [0.5, 0.6) is 0 Å². The van der Waals surface area contributed by atoms with Crippen molar-refractivity contribution in [3.05, 3.63) is 71.5 Å². The molecule has 3 aromatic heterocycles. The number of ketones is 1. The third-order valence-electron chi connectivity index (χ3n) is 6.10. The lowest BCUT2D eigenvalue weighted by Gasteiger charge is -2.45. The zero-order valence-corrected chi connectivity index (χ0v) is 18.7. The van der Waals surface area contributed by atoms with E-state index in [0.717, 1.165) is 27.8 Å². The maximum absolute atomic E-state index is 13.0. The number of hydrogen-bond acceptors (Lipinski definition) is 7. The number of benzene rings is 1. The molecular formula is C24H25N7O2. The molecule has 9 nitrogen and oxygen atoms in total. The van der Waals surface area contributed by atoms with Crippen molar-refractivity contribution in [1.82, 2.24) is 25.0 Å². The van der Waals surface area contributed by atoms with Gasteiger partial charge in [0.25, 0.3) is 0 Å². The minimum Gasteiger partial charge on any atom is -0.633 e. The van der Waals surface area contributed by atoms with E-state index in [2.05, 4.69) is 25.2 Å². The van der Waals surface area contributed by atoms with Crippen molar-refractivity contribution in [3.63, 3.8) is 0 Å². The highest BCUT2D eigenvalue weighted by Gasteiger charge is 2.23. The Bertz CT molecular complexity index is 1320. The van der Waals surface area contributed by atoms with Gasteiger partial charge in [-0.15, -0.1) is 5.10 Å². The van der Waals surface area contributed by atoms with Crippen LogP contribution in [0.4, 0.5) is 5.82 Å². The Morgan fingerprint density at radius 2 is 1.91 bits per heavy atom. The fourth-order valence-corrected chi connectivity index (χ4v) is 4.07. The maximum Gasteiger partial charge on any atom is 0.169 e.